The third kappa shape index (κ3) is 5.71. The van der Waals surface area contributed by atoms with Gasteiger partial charge < -0.3 is 44.1 Å². The van der Waals surface area contributed by atoms with Crippen LogP contribution in [0.2, 0.25) is 0 Å². The monoisotopic (exact) mass is 440 g/mol. The Morgan fingerprint density at radius 1 is 1.23 bits per heavy atom. The predicted molar refractivity (Wildman–Crippen MR) is 102 cm³/mol. The summed E-state index contributed by atoms with van der Waals surface area (Å²) < 4.78 is 25.7. The third-order valence-electron chi connectivity index (χ3n) is 4.83. The molecule has 0 bridgehead atoms. The van der Waals surface area contributed by atoms with Crippen LogP contribution in [-0.4, -0.2) is 89.5 Å². The van der Waals surface area contributed by atoms with E-state index in [9.17, 15) is 30.0 Å². The second-order valence-corrected chi connectivity index (χ2v) is 7.05. The molecule has 0 unspecified atom stereocenters. The number of hydrogen-bond donors (Lipinski definition) is 4. The molecule has 3 rings (SSSR count). The number of carbonyl (C=O) groups is 2. The molecular formula is C20H24O11. The minimum atomic E-state index is -1.61. The van der Waals surface area contributed by atoms with Gasteiger partial charge in [0.1, 0.15) is 43.7 Å². The van der Waals surface area contributed by atoms with Gasteiger partial charge in [-0.2, -0.15) is 0 Å². The summed E-state index contributed by atoms with van der Waals surface area (Å²) in [5.74, 6) is -1.02. The van der Waals surface area contributed by atoms with Crippen LogP contribution in [0.25, 0.3) is 6.08 Å². The van der Waals surface area contributed by atoms with E-state index in [0.717, 1.165) is 6.08 Å². The van der Waals surface area contributed by atoms with Gasteiger partial charge in [0.05, 0.1) is 13.5 Å². The molecule has 0 amide bonds. The number of carbonyl (C=O) groups excluding carboxylic acids is 2. The van der Waals surface area contributed by atoms with Gasteiger partial charge in [0.2, 0.25) is 0 Å². The van der Waals surface area contributed by atoms with Gasteiger partial charge in [-0.3, -0.25) is 4.79 Å². The van der Waals surface area contributed by atoms with Crippen molar-refractivity contribution in [3.8, 4) is 11.5 Å². The molecular weight excluding hydrogens is 416 g/mol. The fourth-order valence-electron chi connectivity index (χ4n) is 3.11. The molecule has 2 fully saturated rings. The Morgan fingerprint density at radius 3 is 2.68 bits per heavy atom. The highest BCUT2D eigenvalue weighted by Crippen LogP contribution is 2.27. The Balaban J connectivity index is 1.55. The number of aliphatic hydroxyl groups is 3. The lowest BCUT2D eigenvalue weighted by Gasteiger charge is -2.40. The van der Waals surface area contributed by atoms with Crippen LogP contribution in [0.1, 0.15) is 12.0 Å². The van der Waals surface area contributed by atoms with E-state index in [1.54, 1.807) is 6.07 Å². The number of phenols is 1. The molecule has 170 valence electrons. The van der Waals surface area contributed by atoms with Crippen molar-refractivity contribution in [2.75, 3.05) is 20.3 Å². The molecule has 11 heteroatoms. The zero-order valence-corrected chi connectivity index (χ0v) is 16.6. The second kappa shape index (κ2) is 10.1. The molecule has 11 nitrogen and oxygen atoms in total. The molecule has 0 aliphatic carbocycles. The van der Waals surface area contributed by atoms with Crippen LogP contribution in [0, 0.1) is 0 Å². The first-order valence-corrected chi connectivity index (χ1v) is 9.51. The lowest BCUT2D eigenvalue weighted by atomic mass is 9.99. The average molecular weight is 440 g/mol. The van der Waals surface area contributed by atoms with E-state index in [0.29, 0.717) is 5.56 Å². The minimum absolute atomic E-state index is 0.0173. The minimum Gasteiger partial charge on any atom is -0.504 e. The molecule has 4 N–H and O–H groups in total. The van der Waals surface area contributed by atoms with E-state index in [2.05, 4.69) is 0 Å². The van der Waals surface area contributed by atoms with Crippen molar-refractivity contribution in [2.24, 2.45) is 0 Å². The average Bonchev–Trinajstić information content (AvgIpc) is 3.17. The fraction of sp³-hybridized carbons (Fsp3) is 0.500. The SMILES string of the molecule is COc1cc(/C=C/C(=O)OC[C@H]2O[C@@H](O[C@H]3COC(=O)C3)[C@H](O)[C@@H](O)[C@@H]2O)ccc1O. The zero-order valence-electron chi connectivity index (χ0n) is 16.6. The fourth-order valence-corrected chi connectivity index (χ4v) is 3.11. The molecule has 31 heavy (non-hydrogen) atoms. The van der Waals surface area contributed by atoms with Crippen LogP contribution in [0.15, 0.2) is 24.3 Å². The third-order valence-corrected chi connectivity index (χ3v) is 4.83. The number of rotatable bonds is 7. The Morgan fingerprint density at radius 2 is 2.00 bits per heavy atom. The van der Waals surface area contributed by atoms with Crippen molar-refractivity contribution >= 4 is 18.0 Å². The summed E-state index contributed by atoms with van der Waals surface area (Å²) in [6.07, 6.45) is -5.36. The van der Waals surface area contributed by atoms with Crippen LogP contribution in [0.5, 0.6) is 11.5 Å². The molecule has 1 aromatic carbocycles. The van der Waals surface area contributed by atoms with Gasteiger partial charge in [-0.05, 0) is 23.8 Å². The smallest absolute Gasteiger partial charge is 0.330 e. The van der Waals surface area contributed by atoms with E-state index in [4.69, 9.17) is 23.7 Å². The van der Waals surface area contributed by atoms with Crippen molar-refractivity contribution in [3.05, 3.63) is 29.8 Å². The molecule has 2 aliphatic heterocycles. The first kappa shape index (κ1) is 23.0. The predicted octanol–water partition coefficient (Wildman–Crippen LogP) is -0.903. The molecule has 0 spiro atoms. The second-order valence-electron chi connectivity index (χ2n) is 7.05. The molecule has 2 aliphatic rings. The lowest BCUT2D eigenvalue weighted by Crippen LogP contribution is -2.60. The highest BCUT2D eigenvalue weighted by atomic mass is 16.7. The number of cyclic esters (lactones) is 1. The number of ether oxygens (including phenoxy) is 5. The number of aliphatic hydroxyl groups excluding tert-OH is 3. The zero-order chi connectivity index (χ0) is 22.5. The Hall–Kier alpha value is -2.70. The number of methoxy groups -OCH3 is 1. The molecule has 6 atom stereocenters. The maximum atomic E-state index is 12.0. The van der Waals surface area contributed by atoms with Gasteiger partial charge in [-0.15, -0.1) is 0 Å². The van der Waals surface area contributed by atoms with Crippen molar-refractivity contribution in [1.29, 1.82) is 0 Å². The molecule has 0 aromatic heterocycles. The molecule has 2 saturated heterocycles. The van der Waals surface area contributed by atoms with Gasteiger partial charge >= 0.3 is 11.9 Å². The van der Waals surface area contributed by atoms with E-state index < -0.39 is 55.4 Å². The standard InChI is InChI=1S/C20H24O11/c1-27-13-6-10(2-4-12(13)21)3-5-15(22)29-9-14-17(24)18(25)19(26)20(31-14)30-11-7-16(23)28-8-11/h2-6,11,14,17-21,24-26H,7-9H2,1H3/b5-3+/t11-,14-,17-,18+,19-,20-/m1/s1. The van der Waals surface area contributed by atoms with E-state index in [1.807, 2.05) is 0 Å². The highest BCUT2D eigenvalue weighted by molar-refractivity contribution is 5.87. The molecule has 0 saturated carbocycles. The summed E-state index contributed by atoms with van der Waals surface area (Å²) in [6.45, 7) is -0.441. The summed E-state index contributed by atoms with van der Waals surface area (Å²) in [4.78, 5) is 23.2. The number of esters is 2. The molecule has 2 heterocycles. The maximum Gasteiger partial charge on any atom is 0.330 e. The summed E-state index contributed by atoms with van der Waals surface area (Å²) in [5, 5.41) is 39.8. The number of benzene rings is 1. The van der Waals surface area contributed by atoms with E-state index >= 15 is 0 Å². The van der Waals surface area contributed by atoms with Crippen LogP contribution in [-0.2, 0) is 28.5 Å². The summed E-state index contributed by atoms with van der Waals surface area (Å²) >= 11 is 0. The van der Waals surface area contributed by atoms with Gasteiger partial charge in [-0.25, -0.2) is 4.79 Å². The topological polar surface area (TPSA) is 161 Å². The highest BCUT2D eigenvalue weighted by Gasteiger charge is 2.46. The lowest BCUT2D eigenvalue weighted by molar-refractivity contribution is -0.311. The first-order chi connectivity index (χ1) is 14.8. The number of hydrogen-bond acceptors (Lipinski definition) is 11. The Bertz CT molecular complexity index is 823. The molecule has 1 aromatic rings. The van der Waals surface area contributed by atoms with Gasteiger partial charge in [0.15, 0.2) is 17.8 Å². The van der Waals surface area contributed by atoms with Gasteiger partial charge in [0.25, 0.3) is 0 Å². The van der Waals surface area contributed by atoms with Crippen molar-refractivity contribution < 1.29 is 53.7 Å². The van der Waals surface area contributed by atoms with Crippen molar-refractivity contribution in [2.45, 2.75) is 43.2 Å². The van der Waals surface area contributed by atoms with E-state index in [-0.39, 0.29) is 24.5 Å². The maximum absolute atomic E-state index is 12.0. The van der Waals surface area contributed by atoms with Crippen molar-refractivity contribution in [3.63, 3.8) is 0 Å². The van der Waals surface area contributed by atoms with E-state index in [1.165, 1.54) is 25.3 Å². The Labute approximate surface area is 177 Å². The quantitative estimate of drug-likeness (QED) is 0.307. The summed E-state index contributed by atoms with van der Waals surface area (Å²) in [7, 11) is 1.40. The first-order valence-electron chi connectivity index (χ1n) is 9.51. The largest absolute Gasteiger partial charge is 0.504 e. The van der Waals surface area contributed by atoms with Crippen LogP contribution < -0.4 is 4.74 Å². The Kier molecular flexibility index (Phi) is 7.46. The van der Waals surface area contributed by atoms with Gasteiger partial charge in [0, 0.05) is 6.08 Å². The summed E-state index contributed by atoms with van der Waals surface area (Å²) in [5.41, 5.74) is 0.570. The molecule has 0 radical (unpaired) electrons. The number of aromatic hydroxyl groups is 1. The number of phenolic OH excluding ortho intramolecular Hbond substituents is 1. The van der Waals surface area contributed by atoms with Crippen molar-refractivity contribution in [1.82, 2.24) is 0 Å². The normalized spacial score (nSPS) is 30.9. The van der Waals surface area contributed by atoms with Crippen LogP contribution in [0.3, 0.4) is 0 Å². The van der Waals surface area contributed by atoms with Gasteiger partial charge in [-0.1, -0.05) is 6.07 Å². The van der Waals surface area contributed by atoms with Crippen LogP contribution in [0.4, 0.5) is 0 Å². The summed E-state index contributed by atoms with van der Waals surface area (Å²) in [6, 6.07) is 4.49. The van der Waals surface area contributed by atoms with Crippen LogP contribution >= 0.6 is 0 Å².